The Bertz CT molecular complexity index is 1680. The summed E-state index contributed by atoms with van der Waals surface area (Å²) in [5.41, 5.74) is 7.44. The van der Waals surface area contributed by atoms with Gasteiger partial charge >= 0.3 is 0 Å². The fourth-order valence-corrected chi connectivity index (χ4v) is 6.35. The van der Waals surface area contributed by atoms with Crippen molar-refractivity contribution < 1.29 is 29.4 Å². The molecule has 262 valence electrons. The molecule has 4 aromatic rings. The summed E-state index contributed by atoms with van der Waals surface area (Å²) in [6.45, 7) is 4.64. The largest absolute Gasteiger partial charge is 0.392 e. The van der Waals surface area contributed by atoms with Crippen LogP contribution in [0.15, 0.2) is 91.3 Å². The molecule has 0 aliphatic carbocycles. The van der Waals surface area contributed by atoms with Crippen molar-refractivity contribution in [1.29, 1.82) is 0 Å². The van der Waals surface area contributed by atoms with Crippen LogP contribution in [0, 0.1) is 0 Å². The Kier molecular flexibility index (Phi) is 12.1. The van der Waals surface area contributed by atoms with Gasteiger partial charge in [0.25, 0.3) is 0 Å². The zero-order valence-corrected chi connectivity index (χ0v) is 28.0. The second kappa shape index (κ2) is 17.3. The molecule has 4 N–H and O–H groups in total. The number of carbonyl (C=O) groups excluding carboxylic acids is 2. The molecule has 6 rings (SSSR count). The van der Waals surface area contributed by atoms with Crippen molar-refractivity contribution in [3.63, 3.8) is 0 Å². The third kappa shape index (κ3) is 9.49. The lowest BCUT2D eigenvalue weighted by molar-refractivity contribution is -0.253. The van der Waals surface area contributed by atoms with E-state index in [1.165, 1.54) is 0 Å². The number of hydrogen-bond donors (Lipinski definition) is 4. The Hall–Kier alpha value is -4.72. The van der Waals surface area contributed by atoms with E-state index in [4.69, 9.17) is 14.7 Å². The molecule has 0 radical (unpaired) electrons. The highest BCUT2D eigenvalue weighted by Gasteiger charge is 2.34. The van der Waals surface area contributed by atoms with Crippen LogP contribution in [0.25, 0.3) is 11.1 Å². The van der Waals surface area contributed by atoms with Gasteiger partial charge in [-0.25, -0.2) is 15.4 Å². The number of hydroxylamine groups is 1. The molecule has 50 heavy (non-hydrogen) atoms. The zero-order chi connectivity index (χ0) is 34.7. The fourth-order valence-electron chi connectivity index (χ4n) is 6.35. The summed E-state index contributed by atoms with van der Waals surface area (Å²) >= 11 is 0. The van der Waals surface area contributed by atoms with E-state index in [1.54, 1.807) is 17.9 Å². The van der Waals surface area contributed by atoms with Crippen molar-refractivity contribution in [2.24, 2.45) is 0 Å². The van der Waals surface area contributed by atoms with Crippen LogP contribution in [0.3, 0.4) is 0 Å². The topological polar surface area (TPSA) is 149 Å². The van der Waals surface area contributed by atoms with E-state index in [2.05, 4.69) is 37.2 Å². The van der Waals surface area contributed by atoms with E-state index >= 15 is 0 Å². The van der Waals surface area contributed by atoms with E-state index in [0.717, 1.165) is 78.5 Å². The van der Waals surface area contributed by atoms with Crippen LogP contribution in [0.2, 0.25) is 0 Å². The molecule has 3 aromatic carbocycles. The summed E-state index contributed by atoms with van der Waals surface area (Å²) in [6.07, 6.45) is 4.17. The van der Waals surface area contributed by atoms with Gasteiger partial charge in [0, 0.05) is 76.5 Å². The molecule has 0 spiro atoms. The molecule has 3 atom stereocenters. The molecule has 1 aromatic heterocycles. The molecular weight excluding hydrogens is 636 g/mol. The minimum absolute atomic E-state index is 0.00253. The third-order valence-electron chi connectivity index (χ3n) is 9.15. The second-order valence-electron chi connectivity index (χ2n) is 12.7. The number of amides is 2. The third-order valence-corrected chi connectivity index (χ3v) is 9.15. The number of nitrogens with zero attached hydrogens (tertiary/aromatic N) is 4. The number of hydrogen-bond acceptors (Lipinski definition) is 10. The Morgan fingerprint density at radius 3 is 2.24 bits per heavy atom. The van der Waals surface area contributed by atoms with Gasteiger partial charge in [-0.05, 0) is 46.4 Å². The molecule has 0 bridgehead atoms. The van der Waals surface area contributed by atoms with Crippen LogP contribution >= 0.6 is 0 Å². The maximum atomic E-state index is 12.2. The minimum atomic E-state index is -0.547. The highest BCUT2D eigenvalue weighted by molar-refractivity contribution is 5.78. The molecule has 2 amide bonds. The van der Waals surface area contributed by atoms with E-state index in [-0.39, 0.29) is 37.6 Å². The highest BCUT2D eigenvalue weighted by atomic mass is 16.7. The number of aliphatic hydroxyl groups excluding tert-OH is 1. The molecular formula is C38H44N6O6. The summed E-state index contributed by atoms with van der Waals surface area (Å²) in [5, 5.41) is 21.1. The van der Waals surface area contributed by atoms with Gasteiger partial charge in [0.2, 0.25) is 17.8 Å². The standard InChI is InChI=1S/C38H44N6O6/c45-26-27-8-10-30(11-9-27)34-23-33(25-43-18-20-44(21-19-43)38-39-16-3-17-40-38)49-37(50-34)31-14-12-29(13-15-31)32-5-1-4-28(22-32)24-41-35(46)6-2-7-36(47)42-48/h1,3-5,8-17,22,33-34,37,45,48H,2,6-7,18-21,23-26H2,(H,41,46)(H,42,47)/t33-,34+,37+/m1/s1. The van der Waals surface area contributed by atoms with Crippen LogP contribution in [-0.4, -0.2) is 75.8 Å². The number of rotatable bonds is 13. The van der Waals surface area contributed by atoms with Crippen LogP contribution in [-0.2, 0) is 32.2 Å². The van der Waals surface area contributed by atoms with E-state index in [1.807, 2.05) is 66.7 Å². The first-order valence-corrected chi connectivity index (χ1v) is 17.1. The summed E-state index contributed by atoms with van der Waals surface area (Å²) < 4.78 is 13.2. The van der Waals surface area contributed by atoms with E-state index in [9.17, 15) is 14.7 Å². The molecule has 0 unspecified atom stereocenters. The predicted octanol–water partition coefficient (Wildman–Crippen LogP) is 4.30. The maximum absolute atomic E-state index is 12.2. The fraction of sp³-hybridized carbons (Fsp3) is 0.368. The lowest BCUT2D eigenvalue weighted by atomic mass is 9.98. The highest BCUT2D eigenvalue weighted by Crippen LogP contribution is 2.39. The maximum Gasteiger partial charge on any atom is 0.243 e. The van der Waals surface area contributed by atoms with Gasteiger partial charge in [0.15, 0.2) is 6.29 Å². The minimum Gasteiger partial charge on any atom is -0.392 e. The van der Waals surface area contributed by atoms with Crippen molar-refractivity contribution in [2.75, 3.05) is 37.6 Å². The van der Waals surface area contributed by atoms with Gasteiger partial charge < -0.3 is 24.8 Å². The monoisotopic (exact) mass is 680 g/mol. The van der Waals surface area contributed by atoms with Crippen molar-refractivity contribution >= 4 is 17.8 Å². The lowest BCUT2D eigenvalue weighted by Gasteiger charge is -2.40. The quantitative estimate of drug-likeness (QED) is 0.119. The Morgan fingerprint density at radius 2 is 1.52 bits per heavy atom. The molecule has 0 saturated carbocycles. The number of anilines is 1. The number of benzene rings is 3. The predicted molar refractivity (Wildman–Crippen MR) is 187 cm³/mol. The number of ether oxygens (including phenoxy) is 2. The Balaban J connectivity index is 1.10. The molecule has 2 saturated heterocycles. The van der Waals surface area contributed by atoms with Crippen LogP contribution in [0.5, 0.6) is 0 Å². The molecule has 3 heterocycles. The second-order valence-corrected chi connectivity index (χ2v) is 12.7. The first kappa shape index (κ1) is 35.1. The zero-order valence-electron chi connectivity index (χ0n) is 28.0. The number of aromatic nitrogens is 2. The lowest BCUT2D eigenvalue weighted by Crippen LogP contribution is -2.50. The van der Waals surface area contributed by atoms with Crippen molar-refractivity contribution in [1.82, 2.24) is 25.7 Å². The summed E-state index contributed by atoms with van der Waals surface area (Å²) in [5.74, 6) is 0.112. The normalized spacial score (nSPS) is 19.6. The van der Waals surface area contributed by atoms with E-state index < -0.39 is 12.2 Å². The molecule has 12 heteroatoms. The molecule has 2 aliphatic rings. The average Bonchev–Trinajstić information content (AvgIpc) is 3.17. The summed E-state index contributed by atoms with van der Waals surface area (Å²) in [4.78, 5) is 36.9. The Morgan fingerprint density at radius 1 is 0.800 bits per heavy atom. The van der Waals surface area contributed by atoms with Gasteiger partial charge in [-0.1, -0.05) is 66.7 Å². The van der Waals surface area contributed by atoms with Crippen molar-refractivity contribution in [3.8, 4) is 11.1 Å². The van der Waals surface area contributed by atoms with Gasteiger partial charge in [-0.3, -0.25) is 19.7 Å². The van der Waals surface area contributed by atoms with Gasteiger partial charge in [-0.2, -0.15) is 0 Å². The van der Waals surface area contributed by atoms with Crippen LogP contribution in [0.1, 0.15) is 60.3 Å². The number of nitrogens with one attached hydrogen (secondary N) is 2. The van der Waals surface area contributed by atoms with Crippen molar-refractivity contribution in [3.05, 3.63) is 114 Å². The Labute approximate surface area is 292 Å². The smallest absolute Gasteiger partial charge is 0.243 e. The average molecular weight is 681 g/mol. The number of piperazine rings is 1. The summed E-state index contributed by atoms with van der Waals surface area (Å²) in [6, 6.07) is 26.0. The van der Waals surface area contributed by atoms with Crippen LogP contribution in [0.4, 0.5) is 5.95 Å². The van der Waals surface area contributed by atoms with Gasteiger partial charge in [-0.15, -0.1) is 0 Å². The van der Waals surface area contributed by atoms with Crippen molar-refractivity contribution in [2.45, 2.75) is 57.3 Å². The molecule has 2 aliphatic heterocycles. The van der Waals surface area contributed by atoms with Gasteiger partial charge in [0.1, 0.15) is 0 Å². The first-order valence-electron chi connectivity index (χ1n) is 17.1. The SMILES string of the molecule is O=C(CCCC(=O)NCc1cccc(-c2ccc([C@H]3O[C@@H](CN4CCN(c5ncccn5)CC4)C[C@@H](c4ccc(CO)cc4)O3)cc2)c1)NO. The van der Waals surface area contributed by atoms with Gasteiger partial charge in [0.05, 0.1) is 18.8 Å². The summed E-state index contributed by atoms with van der Waals surface area (Å²) in [7, 11) is 0. The number of carbonyl (C=O) groups is 2. The molecule has 2 fully saturated rings. The van der Waals surface area contributed by atoms with E-state index in [0.29, 0.717) is 13.0 Å². The molecule has 12 nitrogen and oxygen atoms in total. The number of aliphatic hydroxyl groups is 1. The first-order chi connectivity index (χ1) is 24.5. The van der Waals surface area contributed by atoms with Crippen LogP contribution < -0.4 is 15.7 Å².